The fourth-order valence-electron chi connectivity index (χ4n) is 1.67. The Hall–Kier alpha value is -1.15. The Morgan fingerprint density at radius 2 is 2.00 bits per heavy atom. The van der Waals surface area contributed by atoms with Gasteiger partial charge in [-0.2, -0.15) is 0 Å². The average molecular weight is 234 g/mol. The molecule has 0 N–H and O–H groups in total. The van der Waals surface area contributed by atoms with E-state index in [1.807, 2.05) is 37.3 Å². The Kier molecular flexibility index (Phi) is 6.56. The van der Waals surface area contributed by atoms with Crippen LogP contribution in [0.4, 0.5) is 0 Å². The number of hydrogen-bond donors (Lipinski definition) is 0. The lowest BCUT2D eigenvalue weighted by Crippen LogP contribution is -2.14. The van der Waals surface area contributed by atoms with E-state index in [0.29, 0.717) is 25.2 Å². The molecule has 94 valence electrons. The molecule has 0 aromatic heterocycles. The molecule has 2 nitrogen and oxygen atoms in total. The minimum atomic E-state index is 0.0135. The molecule has 1 aromatic rings. The Morgan fingerprint density at radius 1 is 1.29 bits per heavy atom. The maximum absolute atomic E-state index is 11.5. The fraction of sp³-hybridized carbons (Fsp3) is 0.533. The van der Waals surface area contributed by atoms with E-state index < -0.39 is 0 Å². The van der Waals surface area contributed by atoms with E-state index in [0.717, 1.165) is 18.4 Å². The van der Waals surface area contributed by atoms with Crippen LogP contribution in [0, 0.1) is 0 Å². The Bertz CT molecular complexity index is 319. The zero-order valence-corrected chi connectivity index (χ0v) is 10.8. The molecule has 1 rings (SSSR count). The smallest absolute Gasteiger partial charge is 0.135 e. The van der Waals surface area contributed by atoms with Crippen molar-refractivity contribution in [3.05, 3.63) is 35.9 Å². The van der Waals surface area contributed by atoms with Gasteiger partial charge < -0.3 is 4.74 Å². The predicted octanol–water partition coefficient (Wildman–Crippen LogP) is 3.74. The summed E-state index contributed by atoms with van der Waals surface area (Å²) in [6.45, 7) is 4.65. The molecule has 0 aliphatic rings. The van der Waals surface area contributed by atoms with Crippen molar-refractivity contribution in [2.75, 3.05) is 0 Å². The van der Waals surface area contributed by atoms with E-state index in [9.17, 15) is 4.79 Å². The van der Waals surface area contributed by atoms with Gasteiger partial charge in [0.1, 0.15) is 5.78 Å². The van der Waals surface area contributed by atoms with Crippen LogP contribution < -0.4 is 0 Å². The molecule has 0 amide bonds. The second-order valence-electron chi connectivity index (χ2n) is 4.45. The maximum atomic E-state index is 11.5. The number of benzene rings is 1. The van der Waals surface area contributed by atoms with Crippen molar-refractivity contribution in [3.8, 4) is 0 Å². The van der Waals surface area contributed by atoms with Crippen molar-refractivity contribution in [3.63, 3.8) is 0 Å². The molecule has 0 bridgehead atoms. The summed E-state index contributed by atoms with van der Waals surface area (Å²) < 4.78 is 5.66. The lowest BCUT2D eigenvalue weighted by Gasteiger charge is -2.12. The van der Waals surface area contributed by atoms with Crippen molar-refractivity contribution >= 4 is 5.78 Å². The van der Waals surface area contributed by atoms with Crippen molar-refractivity contribution in [2.45, 2.75) is 52.2 Å². The lowest BCUT2D eigenvalue weighted by molar-refractivity contribution is -0.121. The minimum Gasteiger partial charge on any atom is -0.373 e. The topological polar surface area (TPSA) is 26.3 Å². The van der Waals surface area contributed by atoms with Crippen LogP contribution in [0.25, 0.3) is 0 Å². The van der Waals surface area contributed by atoms with Crippen molar-refractivity contribution in [2.24, 2.45) is 0 Å². The maximum Gasteiger partial charge on any atom is 0.135 e. The number of rotatable bonds is 8. The van der Waals surface area contributed by atoms with Gasteiger partial charge in [0, 0.05) is 12.8 Å². The highest BCUT2D eigenvalue weighted by Gasteiger charge is 2.09. The number of ether oxygens (including phenoxy) is 1. The average Bonchev–Trinajstić information content (AvgIpc) is 2.35. The van der Waals surface area contributed by atoms with Gasteiger partial charge in [-0.25, -0.2) is 0 Å². The first kappa shape index (κ1) is 13.9. The Balaban J connectivity index is 2.21. The van der Waals surface area contributed by atoms with Gasteiger partial charge in [-0.1, -0.05) is 43.7 Å². The Labute approximate surface area is 104 Å². The molecule has 0 heterocycles. The van der Waals surface area contributed by atoms with Gasteiger partial charge in [-0.15, -0.1) is 0 Å². The van der Waals surface area contributed by atoms with Crippen LogP contribution in [0.2, 0.25) is 0 Å². The van der Waals surface area contributed by atoms with Crippen molar-refractivity contribution < 1.29 is 9.53 Å². The molecule has 0 aliphatic carbocycles. The highest BCUT2D eigenvalue weighted by Crippen LogP contribution is 2.08. The van der Waals surface area contributed by atoms with E-state index in [4.69, 9.17) is 4.74 Å². The van der Waals surface area contributed by atoms with E-state index in [-0.39, 0.29) is 6.10 Å². The normalized spacial score (nSPS) is 12.4. The molecule has 0 saturated carbocycles. The van der Waals surface area contributed by atoms with E-state index in [2.05, 4.69) is 6.92 Å². The number of unbranched alkanes of at least 4 members (excludes halogenated alkanes) is 1. The quantitative estimate of drug-likeness (QED) is 0.685. The second kappa shape index (κ2) is 8.02. The van der Waals surface area contributed by atoms with Gasteiger partial charge in [0.05, 0.1) is 12.7 Å². The first-order valence-corrected chi connectivity index (χ1v) is 6.39. The van der Waals surface area contributed by atoms with Gasteiger partial charge in [0.15, 0.2) is 0 Å². The van der Waals surface area contributed by atoms with Gasteiger partial charge in [0.25, 0.3) is 0 Å². The number of hydrogen-bond acceptors (Lipinski definition) is 2. The lowest BCUT2D eigenvalue weighted by atomic mass is 10.1. The largest absolute Gasteiger partial charge is 0.373 e. The molecule has 2 heteroatoms. The van der Waals surface area contributed by atoms with E-state index >= 15 is 0 Å². The van der Waals surface area contributed by atoms with Crippen LogP contribution in [0.1, 0.15) is 45.1 Å². The van der Waals surface area contributed by atoms with Gasteiger partial charge in [-0.05, 0) is 18.9 Å². The van der Waals surface area contributed by atoms with Crippen LogP contribution in [0.3, 0.4) is 0 Å². The molecule has 0 spiro atoms. The third kappa shape index (κ3) is 6.22. The molecular weight excluding hydrogens is 212 g/mol. The first-order chi connectivity index (χ1) is 8.22. The summed E-state index contributed by atoms with van der Waals surface area (Å²) in [5, 5.41) is 0. The fourth-order valence-corrected chi connectivity index (χ4v) is 1.67. The van der Waals surface area contributed by atoms with Gasteiger partial charge >= 0.3 is 0 Å². The number of carbonyl (C=O) groups is 1. The zero-order valence-electron chi connectivity index (χ0n) is 10.8. The van der Waals surface area contributed by atoms with Crippen LogP contribution in [0.15, 0.2) is 30.3 Å². The number of carbonyl (C=O) groups excluding carboxylic acids is 1. The summed E-state index contributed by atoms with van der Waals surface area (Å²) in [6, 6.07) is 10.0. The minimum absolute atomic E-state index is 0.0135. The molecule has 1 unspecified atom stereocenters. The van der Waals surface area contributed by atoms with E-state index in [1.165, 1.54) is 0 Å². The van der Waals surface area contributed by atoms with Gasteiger partial charge in [-0.3, -0.25) is 4.79 Å². The highest BCUT2D eigenvalue weighted by molar-refractivity contribution is 5.78. The van der Waals surface area contributed by atoms with Crippen molar-refractivity contribution in [1.82, 2.24) is 0 Å². The molecule has 0 fully saturated rings. The molecular formula is C15H22O2. The highest BCUT2D eigenvalue weighted by atomic mass is 16.5. The van der Waals surface area contributed by atoms with Crippen LogP contribution in [-0.4, -0.2) is 11.9 Å². The van der Waals surface area contributed by atoms with Crippen molar-refractivity contribution in [1.29, 1.82) is 0 Å². The summed E-state index contributed by atoms with van der Waals surface area (Å²) in [7, 11) is 0. The summed E-state index contributed by atoms with van der Waals surface area (Å²) in [4.78, 5) is 11.5. The van der Waals surface area contributed by atoms with Crippen LogP contribution >= 0.6 is 0 Å². The second-order valence-corrected chi connectivity index (χ2v) is 4.45. The number of Topliss-reactive ketones (excluding diaryl/α,β-unsaturated/α-hetero) is 1. The van der Waals surface area contributed by atoms with Crippen LogP contribution in [-0.2, 0) is 16.1 Å². The van der Waals surface area contributed by atoms with Crippen LogP contribution in [0.5, 0.6) is 0 Å². The van der Waals surface area contributed by atoms with Gasteiger partial charge in [0.2, 0.25) is 0 Å². The molecule has 1 aromatic carbocycles. The first-order valence-electron chi connectivity index (χ1n) is 6.39. The predicted molar refractivity (Wildman–Crippen MR) is 69.8 cm³/mol. The molecule has 0 aliphatic heterocycles. The standard InChI is InChI=1S/C15H22O2/c1-3-4-10-15(16)11-13(2)17-12-14-8-6-5-7-9-14/h5-9,13H,3-4,10-12H2,1-2H3. The van der Waals surface area contributed by atoms with E-state index in [1.54, 1.807) is 0 Å². The summed E-state index contributed by atoms with van der Waals surface area (Å²) in [5.41, 5.74) is 1.15. The third-order valence-electron chi connectivity index (χ3n) is 2.70. The third-order valence-corrected chi connectivity index (χ3v) is 2.70. The summed E-state index contributed by atoms with van der Waals surface area (Å²) in [5.74, 6) is 0.312. The number of ketones is 1. The summed E-state index contributed by atoms with van der Waals surface area (Å²) >= 11 is 0. The molecule has 0 saturated heterocycles. The summed E-state index contributed by atoms with van der Waals surface area (Å²) in [6.07, 6.45) is 3.30. The molecule has 1 atom stereocenters. The molecule has 17 heavy (non-hydrogen) atoms. The molecule has 0 radical (unpaired) electrons. The monoisotopic (exact) mass is 234 g/mol. The SMILES string of the molecule is CCCCC(=O)CC(C)OCc1ccccc1. The zero-order chi connectivity index (χ0) is 12.5. The Morgan fingerprint density at radius 3 is 2.65 bits per heavy atom.